The molecule has 3 aliphatic carbocycles. The van der Waals surface area contributed by atoms with Crippen molar-refractivity contribution in [1.82, 2.24) is 10.2 Å². The summed E-state index contributed by atoms with van der Waals surface area (Å²) in [5.74, 6) is 0.233. The number of carboxylic acid groups (broad SMARTS) is 1. The van der Waals surface area contributed by atoms with Gasteiger partial charge in [-0.25, -0.2) is 0 Å². The van der Waals surface area contributed by atoms with Crippen molar-refractivity contribution in [3.63, 3.8) is 0 Å². The molecule has 29 heavy (non-hydrogen) atoms. The summed E-state index contributed by atoms with van der Waals surface area (Å²) in [5.41, 5.74) is 1.17. The monoisotopic (exact) mass is 399 g/mol. The van der Waals surface area contributed by atoms with E-state index in [1.807, 2.05) is 0 Å². The van der Waals surface area contributed by atoms with E-state index in [-0.39, 0.29) is 36.4 Å². The standard InChI is InChI=1S/C22H29N3O4/c1-13-7-19(13)22(29)23-16-4-2-3-15(8-16)21(28)24-17-9-18(10-17)25(12-20(26)27)11-14-5-6-14/h2-4,8,13-14,17-19H,5-7,9-12H2,1H3,(H,23,29)(H,24,28)(H,26,27). The fraction of sp³-hybridized carbons (Fsp3) is 0.591. The highest BCUT2D eigenvalue weighted by atomic mass is 16.4. The summed E-state index contributed by atoms with van der Waals surface area (Å²) in [6.07, 6.45) is 4.86. The maximum Gasteiger partial charge on any atom is 0.317 e. The van der Waals surface area contributed by atoms with E-state index < -0.39 is 5.97 Å². The van der Waals surface area contributed by atoms with Crippen LogP contribution in [0.1, 0.15) is 49.4 Å². The first-order valence-corrected chi connectivity index (χ1v) is 10.6. The molecular weight excluding hydrogens is 370 g/mol. The minimum Gasteiger partial charge on any atom is -0.480 e. The maximum absolute atomic E-state index is 12.6. The Balaban J connectivity index is 1.27. The molecule has 3 saturated carbocycles. The van der Waals surface area contributed by atoms with Gasteiger partial charge in [-0.3, -0.25) is 19.3 Å². The van der Waals surface area contributed by atoms with Crippen LogP contribution in [0.15, 0.2) is 24.3 Å². The Morgan fingerprint density at radius 2 is 1.90 bits per heavy atom. The number of nitrogens with zero attached hydrogens (tertiary/aromatic N) is 1. The number of hydrogen-bond acceptors (Lipinski definition) is 4. The van der Waals surface area contributed by atoms with Crippen LogP contribution in [0.2, 0.25) is 0 Å². The summed E-state index contributed by atoms with van der Waals surface area (Å²) in [6, 6.07) is 7.30. The molecule has 3 N–H and O–H groups in total. The zero-order valence-corrected chi connectivity index (χ0v) is 16.8. The van der Waals surface area contributed by atoms with Crippen LogP contribution in [0, 0.1) is 17.8 Å². The fourth-order valence-corrected chi connectivity index (χ4v) is 4.08. The quantitative estimate of drug-likeness (QED) is 0.592. The van der Waals surface area contributed by atoms with Gasteiger partial charge in [0.2, 0.25) is 5.91 Å². The van der Waals surface area contributed by atoms with Crippen LogP contribution in [0.25, 0.3) is 0 Å². The van der Waals surface area contributed by atoms with Gasteiger partial charge >= 0.3 is 5.97 Å². The topological polar surface area (TPSA) is 98.7 Å². The van der Waals surface area contributed by atoms with Crippen LogP contribution in [0.4, 0.5) is 5.69 Å². The summed E-state index contributed by atoms with van der Waals surface area (Å²) in [6.45, 7) is 2.98. The molecule has 2 atom stereocenters. The third-order valence-electron chi connectivity index (χ3n) is 6.33. The molecular formula is C22H29N3O4. The van der Waals surface area contributed by atoms with Gasteiger partial charge in [-0.2, -0.15) is 0 Å². The van der Waals surface area contributed by atoms with E-state index in [0.717, 1.165) is 25.8 Å². The first-order valence-electron chi connectivity index (χ1n) is 10.6. The Morgan fingerprint density at radius 1 is 1.17 bits per heavy atom. The van der Waals surface area contributed by atoms with Crippen molar-refractivity contribution in [3.05, 3.63) is 29.8 Å². The zero-order chi connectivity index (χ0) is 20.5. The van der Waals surface area contributed by atoms with Crippen LogP contribution >= 0.6 is 0 Å². The highest BCUT2D eigenvalue weighted by molar-refractivity contribution is 5.98. The Kier molecular flexibility index (Phi) is 5.58. The van der Waals surface area contributed by atoms with Gasteiger partial charge in [0.15, 0.2) is 0 Å². The van der Waals surface area contributed by atoms with Gasteiger partial charge < -0.3 is 15.7 Å². The molecule has 3 fully saturated rings. The van der Waals surface area contributed by atoms with E-state index in [4.69, 9.17) is 5.11 Å². The molecule has 1 aromatic rings. The first kappa shape index (κ1) is 19.9. The van der Waals surface area contributed by atoms with E-state index in [0.29, 0.717) is 23.1 Å². The van der Waals surface area contributed by atoms with Gasteiger partial charge in [0.05, 0.1) is 6.54 Å². The number of hydrogen-bond donors (Lipinski definition) is 3. The molecule has 0 aromatic heterocycles. The van der Waals surface area contributed by atoms with E-state index in [2.05, 4.69) is 22.5 Å². The summed E-state index contributed by atoms with van der Waals surface area (Å²) >= 11 is 0. The maximum atomic E-state index is 12.6. The average molecular weight is 399 g/mol. The fourth-order valence-electron chi connectivity index (χ4n) is 4.08. The molecule has 0 bridgehead atoms. The van der Waals surface area contributed by atoms with E-state index in [9.17, 15) is 14.4 Å². The van der Waals surface area contributed by atoms with Crippen molar-refractivity contribution in [1.29, 1.82) is 0 Å². The molecule has 0 aliphatic heterocycles. The number of carbonyl (C=O) groups excluding carboxylic acids is 2. The molecule has 156 valence electrons. The lowest BCUT2D eigenvalue weighted by molar-refractivity contribution is -0.139. The largest absolute Gasteiger partial charge is 0.480 e. The second kappa shape index (κ2) is 8.14. The Morgan fingerprint density at radius 3 is 2.52 bits per heavy atom. The minimum atomic E-state index is -0.794. The highest BCUT2D eigenvalue weighted by Gasteiger charge is 2.39. The number of anilines is 1. The lowest BCUT2D eigenvalue weighted by Crippen LogP contribution is -2.55. The minimum absolute atomic E-state index is 0.0195. The lowest BCUT2D eigenvalue weighted by Gasteiger charge is -2.42. The number of rotatable bonds is 9. The molecule has 1 aromatic carbocycles. The van der Waals surface area contributed by atoms with Gasteiger partial charge in [0, 0.05) is 35.8 Å². The van der Waals surface area contributed by atoms with Crippen LogP contribution in [-0.4, -0.2) is 53.0 Å². The van der Waals surface area contributed by atoms with Crippen LogP contribution in [0.3, 0.4) is 0 Å². The molecule has 0 radical (unpaired) electrons. The van der Waals surface area contributed by atoms with Crippen molar-refractivity contribution in [2.75, 3.05) is 18.4 Å². The Hall–Kier alpha value is -2.41. The molecule has 4 rings (SSSR count). The smallest absolute Gasteiger partial charge is 0.317 e. The summed E-state index contributed by atoms with van der Waals surface area (Å²) < 4.78 is 0. The Bertz CT molecular complexity index is 801. The van der Waals surface area contributed by atoms with Gasteiger partial charge in [-0.1, -0.05) is 13.0 Å². The van der Waals surface area contributed by atoms with Crippen LogP contribution in [0.5, 0.6) is 0 Å². The normalized spacial score (nSPS) is 27.8. The summed E-state index contributed by atoms with van der Waals surface area (Å²) in [5, 5.41) is 15.1. The molecule has 2 unspecified atom stereocenters. The molecule has 3 aliphatic rings. The predicted octanol–water partition coefficient (Wildman–Crippen LogP) is 2.34. The lowest BCUT2D eigenvalue weighted by atomic mass is 9.85. The number of amides is 2. The second-order valence-electron chi connectivity index (χ2n) is 8.95. The molecule has 0 saturated heterocycles. The van der Waals surface area contributed by atoms with Crippen molar-refractivity contribution in [3.8, 4) is 0 Å². The van der Waals surface area contributed by atoms with Crippen LogP contribution < -0.4 is 10.6 Å². The van der Waals surface area contributed by atoms with Crippen molar-refractivity contribution in [2.45, 2.75) is 51.1 Å². The third kappa shape index (κ3) is 5.15. The van der Waals surface area contributed by atoms with Crippen molar-refractivity contribution >= 4 is 23.5 Å². The van der Waals surface area contributed by atoms with Crippen LogP contribution in [-0.2, 0) is 9.59 Å². The summed E-state index contributed by atoms with van der Waals surface area (Å²) in [7, 11) is 0. The average Bonchev–Trinajstić information content (AvgIpc) is 3.55. The summed E-state index contributed by atoms with van der Waals surface area (Å²) in [4.78, 5) is 37.9. The van der Waals surface area contributed by atoms with E-state index in [1.165, 1.54) is 12.8 Å². The number of carbonyl (C=O) groups is 3. The number of benzene rings is 1. The van der Waals surface area contributed by atoms with Gasteiger partial charge in [0.25, 0.3) is 5.91 Å². The van der Waals surface area contributed by atoms with Crippen molar-refractivity contribution < 1.29 is 19.5 Å². The molecule has 7 heteroatoms. The molecule has 2 amide bonds. The second-order valence-corrected chi connectivity index (χ2v) is 8.95. The first-order chi connectivity index (χ1) is 13.9. The number of nitrogens with one attached hydrogen (secondary N) is 2. The predicted molar refractivity (Wildman–Crippen MR) is 109 cm³/mol. The SMILES string of the molecule is CC1CC1C(=O)Nc1cccc(C(=O)NC2CC(N(CC(=O)O)CC3CC3)C2)c1. The van der Waals surface area contributed by atoms with Gasteiger partial charge in [0.1, 0.15) is 0 Å². The zero-order valence-electron chi connectivity index (χ0n) is 16.8. The van der Waals surface area contributed by atoms with Crippen molar-refractivity contribution in [2.24, 2.45) is 17.8 Å². The Labute approximate surface area is 170 Å². The number of aliphatic carboxylic acids is 1. The van der Waals surface area contributed by atoms with Gasteiger partial charge in [-0.15, -0.1) is 0 Å². The third-order valence-corrected chi connectivity index (χ3v) is 6.33. The van der Waals surface area contributed by atoms with E-state index >= 15 is 0 Å². The van der Waals surface area contributed by atoms with Gasteiger partial charge in [-0.05, 0) is 62.1 Å². The highest BCUT2D eigenvalue weighted by Crippen LogP contribution is 2.38. The van der Waals surface area contributed by atoms with E-state index in [1.54, 1.807) is 24.3 Å². The molecule has 0 spiro atoms. The molecule has 7 nitrogen and oxygen atoms in total. The number of carboxylic acids is 1. The molecule has 0 heterocycles.